The van der Waals surface area contributed by atoms with Crippen LogP contribution in [0.3, 0.4) is 0 Å². The summed E-state index contributed by atoms with van der Waals surface area (Å²) in [5.41, 5.74) is -0.288. The minimum absolute atomic E-state index is 0.196. The van der Waals surface area contributed by atoms with Gasteiger partial charge in [0.1, 0.15) is 0 Å². The zero-order valence-electron chi connectivity index (χ0n) is 10.0. The standard InChI is InChI=1S/C12H23NO2/c1-11(2,3)8-12(14)4-9-6-15-7-10(5-12)13-9/h9-10,13-14H,4-8H2,1-3H3. The molecule has 2 aliphatic heterocycles. The van der Waals surface area contributed by atoms with E-state index in [4.69, 9.17) is 4.74 Å². The number of fused-ring (bicyclic) bond motifs is 2. The van der Waals surface area contributed by atoms with Crippen molar-refractivity contribution in [3.8, 4) is 0 Å². The predicted molar refractivity (Wildman–Crippen MR) is 59.8 cm³/mol. The van der Waals surface area contributed by atoms with Gasteiger partial charge < -0.3 is 15.2 Å². The highest BCUT2D eigenvalue weighted by molar-refractivity contribution is 4.98. The van der Waals surface area contributed by atoms with E-state index < -0.39 is 5.60 Å². The van der Waals surface area contributed by atoms with Crippen molar-refractivity contribution in [1.29, 1.82) is 0 Å². The molecule has 15 heavy (non-hydrogen) atoms. The Morgan fingerprint density at radius 2 is 1.80 bits per heavy atom. The molecule has 0 radical (unpaired) electrons. The molecule has 2 unspecified atom stereocenters. The summed E-state index contributed by atoms with van der Waals surface area (Å²) in [6.07, 6.45) is 2.55. The molecule has 2 rings (SSSR count). The maximum absolute atomic E-state index is 10.6. The van der Waals surface area contributed by atoms with E-state index in [0.29, 0.717) is 12.1 Å². The van der Waals surface area contributed by atoms with Crippen LogP contribution in [0.4, 0.5) is 0 Å². The molecule has 0 aromatic carbocycles. The van der Waals surface area contributed by atoms with Gasteiger partial charge in [0.2, 0.25) is 0 Å². The second-order valence-electron chi connectivity index (χ2n) is 6.47. The Hall–Kier alpha value is -0.120. The van der Waals surface area contributed by atoms with Gasteiger partial charge in [-0.3, -0.25) is 0 Å². The van der Waals surface area contributed by atoms with Crippen molar-refractivity contribution in [1.82, 2.24) is 5.32 Å². The Kier molecular flexibility index (Phi) is 2.82. The lowest BCUT2D eigenvalue weighted by Crippen LogP contribution is -2.60. The fraction of sp³-hybridized carbons (Fsp3) is 1.00. The van der Waals surface area contributed by atoms with E-state index in [0.717, 1.165) is 32.5 Å². The summed E-state index contributed by atoms with van der Waals surface area (Å²) < 4.78 is 5.49. The summed E-state index contributed by atoms with van der Waals surface area (Å²) in [4.78, 5) is 0. The Bertz CT molecular complexity index is 222. The number of hydrogen-bond acceptors (Lipinski definition) is 3. The van der Waals surface area contributed by atoms with Crippen molar-refractivity contribution in [2.24, 2.45) is 5.41 Å². The molecule has 0 aromatic heterocycles. The van der Waals surface area contributed by atoms with E-state index in [1.165, 1.54) is 0 Å². The molecule has 3 nitrogen and oxygen atoms in total. The highest BCUT2D eigenvalue weighted by atomic mass is 16.5. The van der Waals surface area contributed by atoms with Gasteiger partial charge in [0.25, 0.3) is 0 Å². The Morgan fingerprint density at radius 3 is 2.27 bits per heavy atom. The first-order valence-corrected chi connectivity index (χ1v) is 5.93. The first kappa shape index (κ1) is 11.4. The van der Waals surface area contributed by atoms with Crippen molar-refractivity contribution in [2.75, 3.05) is 13.2 Å². The van der Waals surface area contributed by atoms with Gasteiger partial charge in [-0.2, -0.15) is 0 Å². The highest BCUT2D eigenvalue weighted by Crippen LogP contribution is 2.37. The van der Waals surface area contributed by atoms with Crippen molar-refractivity contribution >= 4 is 0 Å². The maximum atomic E-state index is 10.6. The van der Waals surface area contributed by atoms with E-state index in [9.17, 15) is 5.11 Å². The number of aliphatic hydroxyl groups is 1. The van der Waals surface area contributed by atoms with Crippen LogP contribution in [0.5, 0.6) is 0 Å². The van der Waals surface area contributed by atoms with E-state index >= 15 is 0 Å². The van der Waals surface area contributed by atoms with Gasteiger partial charge in [-0.1, -0.05) is 20.8 Å². The molecule has 0 aliphatic carbocycles. The molecular formula is C12H23NO2. The van der Waals surface area contributed by atoms with Gasteiger partial charge in [0, 0.05) is 12.1 Å². The average molecular weight is 213 g/mol. The smallest absolute Gasteiger partial charge is 0.0684 e. The zero-order valence-corrected chi connectivity index (χ0v) is 10.0. The lowest BCUT2D eigenvalue weighted by atomic mass is 9.73. The molecule has 2 bridgehead atoms. The average Bonchev–Trinajstić information content (AvgIpc) is 1.97. The molecule has 2 fully saturated rings. The normalized spacial score (nSPS) is 41.6. The summed E-state index contributed by atoms with van der Waals surface area (Å²) in [7, 11) is 0. The summed E-state index contributed by atoms with van der Waals surface area (Å²) in [6, 6.07) is 0.703. The minimum Gasteiger partial charge on any atom is -0.390 e. The van der Waals surface area contributed by atoms with Crippen LogP contribution in [0.15, 0.2) is 0 Å². The third-order valence-corrected chi connectivity index (χ3v) is 3.22. The zero-order chi connectivity index (χ0) is 11.1. The van der Waals surface area contributed by atoms with E-state index in [2.05, 4.69) is 26.1 Å². The van der Waals surface area contributed by atoms with Crippen LogP contribution in [-0.2, 0) is 4.74 Å². The number of morpholine rings is 1. The largest absolute Gasteiger partial charge is 0.390 e. The Balaban J connectivity index is 2.03. The fourth-order valence-corrected chi connectivity index (χ4v) is 3.15. The number of piperidine rings is 1. The molecule has 88 valence electrons. The Morgan fingerprint density at radius 1 is 1.27 bits per heavy atom. The van der Waals surface area contributed by atoms with Gasteiger partial charge in [0.05, 0.1) is 18.8 Å². The third kappa shape index (κ3) is 2.92. The molecule has 2 saturated heterocycles. The van der Waals surface area contributed by atoms with Crippen LogP contribution < -0.4 is 5.32 Å². The van der Waals surface area contributed by atoms with Crippen molar-refractivity contribution < 1.29 is 9.84 Å². The predicted octanol–water partition coefficient (Wildman–Crippen LogP) is 1.30. The molecule has 0 spiro atoms. The first-order chi connectivity index (χ1) is 6.86. The SMILES string of the molecule is CC(C)(C)CC1(O)CC2COCC(C1)N2. The molecule has 2 atom stereocenters. The molecular weight excluding hydrogens is 190 g/mol. The van der Waals surface area contributed by atoms with Crippen LogP contribution in [0, 0.1) is 5.41 Å². The molecule has 2 aliphatic rings. The maximum Gasteiger partial charge on any atom is 0.0684 e. The van der Waals surface area contributed by atoms with Gasteiger partial charge >= 0.3 is 0 Å². The second kappa shape index (κ2) is 3.72. The summed E-state index contributed by atoms with van der Waals surface area (Å²) in [5.74, 6) is 0. The molecule has 0 amide bonds. The number of hydrogen-bond donors (Lipinski definition) is 2. The van der Waals surface area contributed by atoms with Crippen LogP contribution in [0.25, 0.3) is 0 Å². The van der Waals surface area contributed by atoms with Gasteiger partial charge in [-0.25, -0.2) is 0 Å². The van der Waals surface area contributed by atoms with Crippen LogP contribution in [0.1, 0.15) is 40.0 Å². The van der Waals surface area contributed by atoms with E-state index in [1.54, 1.807) is 0 Å². The Labute approximate surface area is 92.2 Å². The lowest BCUT2D eigenvalue weighted by Gasteiger charge is -2.47. The fourth-order valence-electron chi connectivity index (χ4n) is 3.15. The summed E-state index contributed by atoms with van der Waals surface area (Å²) in [5, 5.41) is 14.1. The van der Waals surface area contributed by atoms with Crippen molar-refractivity contribution in [2.45, 2.75) is 57.7 Å². The quantitative estimate of drug-likeness (QED) is 0.690. The molecule has 0 saturated carbocycles. The molecule has 2 N–H and O–H groups in total. The highest BCUT2D eigenvalue weighted by Gasteiger charge is 2.42. The van der Waals surface area contributed by atoms with Gasteiger partial charge in [0.15, 0.2) is 0 Å². The van der Waals surface area contributed by atoms with Gasteiger partial charge in [-0.15, -0.1) is 0 Å². The van der Waals surface area contributed by atoms with Crippen LogP contribution in [0.2, 0.25) is 0 Å². The molecule has 0 aromatic rings. The van der Waals surface area contributed by atoms with Crippen molar-refractivity contribution in [3.63, 3.8) is 0 Å². The monoisotopic (exact) mass is 213 g/mol. The summed E-state index contributed by atoms with van der Waals surface area (Å²) >= 11 is 0. The number of ether oxygens (including phenoxy) is 1. The number of nitrogens with one attached hydrogen (secondary N) is 1. The first-order valence-electron chi connectivity index (χ1n) is 5.93. The van der Waals surface area contributed by atoms with Crippen molar-refractivity contribution in [3.05, 3.63) is 0 Å². The summed E-state index contributed by atoms with van der Waals surface area (Å²) in [6.45, 7) is 8.09. The topological polar surface area (TPSA) is 41.5 Å². The molecule has 3 heteroatoms. The lowest BCUT2D eigenvalue weighted by molar-refractivity contribution is -0.0926. The van der Waals surface area contributed by atoms with E-state index in [1.807, 2.05) is 0 Å². The number of rotatable bonds is 1. The minimum atomic E-state index is -0.484. The van der Waals surface area contributed by atoms with E-state index in [-0.39, 0.29) is 5.41 Å². The molecule has 2 heterocycles. The van der Waals surface area contributed by atoms with Gasteiger partial charge in [-0.05, 0) is 24.7 Å². The second-order valence-corrected chi connectivity index (χ2v) is 6.47. The van der Waals surface area contributed by atoms with Crippen LogP contribution >= 0.6 is 0 Å². The van der Waals surface area contributed by atoms with Crippen LogP contribution in [-0.4, -0.2) is 36.0 Å². The third-order valence-electron chi connectivity index (χ3n) is 3.22.